The van der Waals surface area contributed by atoms with Gasteiger partial charge in [-0.05, 0) is 31.1 Å². The minimum Gasteiger partial charge on any atom is -0.381 e. The Morgan fingerprint density at radius 2 is 2.25 bits per heavy atom. The average Bonchev–Trinajstić information content (AvgIpc) is 2.24. The Hall–Kier alpha value is -0.550. The molecule has 0 aromatic carbocycles. The predicted octanol–water partition coefficient (Wildman–Crippen LogP) is 3.77. The zero-order valence-electron chi connectivity index (χ0n) is 11.0. The third-order valence-corrected chi connectivity index (χ3v) is 3.50. The van der Waals surface area contributed by atoms with Crippen LogP contribution >= 0.6 is 0 Å². The molecular weight excluding hydrogens is 198 g/mol. The Labute approximate surface area is 100.0 Å². The van der Waals surface area contributed by atoms with Crippen LogP contribution in [0.2, 0.25) is 0 Å². The van der Waals surface area contributed by atoms with E-state index in [1.54, 1.807) is 0 Å². The van der Waals surface area contributed by atoms with Crippen LogP contribution in [0.4, 0.5) is 0 Å². The molecule has 0 radical (unpaired) electrons. The molecule has 0 spiro atoms. The molecule has 0 bridgehead atoms. The lowest BCUT2D eigenvalue weighted by atomic mass is 9.69. The van der Waals surface area contributed by atoms with Crippen LogP contribution in [0.5, 0.6) is 0 Å². The molecule has 0 aliphatic heterocycles. The summed E-state index contributed by atoms with van der Waals surface area (Å²) in [6.07, 6.45) is 5.54. The Balaban J connectivity index is 2.33. The monoisotopic (exact) mass is 223 g/mol. The SMILES string of the molecule is CC(C)COCCC1(C#N)CCCC(C)C1. The highest BCUT2D eigenvalue weighted by atomic mass is 16.5. The van der Waals surface area contributed by atoms with Crippen molar-refractivity contribution in [1.29, 1.82) is 5.26 Å². The lowest BCUT2D eigenvalue weighted by Gasteiger charge is -2.34. The standard InChI is InChI=1S/C14H25NO/c1-12(2)10-16-8-7-14(11-15)6-4-5-13(3)9-14/h12-13H,4-10H2,1-3H3. The van der Waals surface area contributed by atoms with E-state index in [1.807, 2.05) is 0 Å². The zero-order chi connectivity index (χ0) is 12.0. The summed E-state index contributed by atoms with van der Waals surface area (Å²) >= 11 is 0. The first-order valence-corrected chi connectivity index (χ1v) is 6.57. The van der Waals surface area contributed by atoms with Gasteiger partial charge in [0.05, 0.1) is 11.5 Å². The molecule has 2 heteroatoms. The maximum atomic E-state index is 9.36. The smallest absolute Gasteiger partial charge is 0.0690 e. The van der Waals surface area contributed by atoms with Gasteiger partial charge >= 0.3 is 0 Å². The molecule has 0 saturated heterocycles. The first-order chi connectivity index (χ1) is 7.58. The summed E-state index contributed by atoms with van der Waals surface area (Å²) in [5.74, 6) is 1.29. The van der Waals surface area contributed by atoms with Gasteiger partial charge in [-0.25, -0.2) is 0 Å². The lowest BCUT2D eigenvalue weighted by Crippen LogP contribution is -2.28. The predicted molar refractivity (Wildman–Crippen MR) is 66.0 cm³/mol. The summed E-state index contributed by atoms with van der Waals surface area (Å²) in [5, 5.41) is 9.36. The van der Waals surface area contributed by atoms with Gasteiger partial charge in [0.2, 0.25) is 0 Å². The highest BCUT2D eigenvalue weighted by Gasteiger charge is 2.34. The van der Waals surface area contributed by atoms with E-state index in [-0.39, 0.29) is 5.41 Å². The van der Waals surface area contributed by atoms with Crippen LogP contribution in [0.15, 0.2) is 0 Å². The molecule has 1 rings (SSSR count). The Morgan fingerprint density at radius 1 is 1.50 bits per heavy atom. The third kappa shape index (κ3) is 4.14. The summed E-state index contributed by atoms with van der Waals surface area (Å²) in [6.45, 7) is 8.14. The lowest BCUT2D eigenvalue weighted by molar-refractivity contribution is 0.0729. The Bertz CT molecular complexity index is 244. The van der Waals surface area contributed by atoms with E-state index >= 15 is 0 Å². The highest BCUT2D eigenvalue weighted by Crippen LogP contribution is 2.41. The summed E-state index contributed by atoms with van der Waals surface area (Å²) in [6, 6.07) is 2.56. The molecular formula is C14H25NO. The van der Waals surface area contributed by atoms with Gasteiger partial charge in [0, 0.05) is 13.2 Å². The van der Waals surface area contributed by atoms with Crippen LogP contribution in [-0.4, -0.2) is 13.2 Å². The normalized spacial score (nSPS) is 30.3. The van der Waals surface area contributed by atoms with Crippen LogP contribution in [0.1, 0.15) is 52.9 Å². The van der Waals surface area contributed by atoms with E-state index in [1.165, 1.54) is 12.8 Å². The minimum absolute atomic E-state index is 0.0886. The first-order valence-electron chi connectivity index (χ1n) is 6.57. The molecule has 16 heavy (non-hydrogen) atoms. The molecule has 0 N–H and O–H groups in total. The molecule has 2 atom stereocenters. The van der Waals surface area contributed by atoms with Gasteiger partial charge in [-0.3, -0.25) is 0 Å². The number of nitriles is 1. The van der Waals surface area contributed by atoms with Crippen molar-refractivity contribution in [2.45, 2.75) is 52.9 Å². The van der Waals surface area contributed by atoms with Crippen LogP contribution < -0.4 is 0 Å². The van der Waals surface area contributed by atoms with Crippen molar-refractivity contribution in [3.8, 4) is 6.07 Å². The highest BCUT2D eigenvalue weighted by molar-refractivity contribution is 5.01. The summed E-state index contributed by atoms with van der Waals surface area (Å²) in [5.41, 5.74) is -0.0886. The van der Waals surface area contributed by atoms with Gasteiger partial charge in [0.1, 0.15) is 0 Å². The van der Waals surface area contributed by atoms with Crippen molar-refractivity contribution in [1.82, 2.24) is 0 Å². The number of hydrogen-bond donors (Lipinski definition) is 0. The molecule has 92 valence electrons. The molecule has 0 aromatic heterocycles. The van der Waals surface area contributed by atoms with Crippen molar-refractivity contribution < 1.29 is 4.74 Å². The summed E-state index contributed by atoms with van der Waals surface area (Å²) in [7, 11) is 0. The van der Waals surface area contributed by atoms with E-state index in [0.717, 1.165) is 32.5 Å². The second kappa shape index (κ2) is 6.25. The van der Waals surface area contributed by atoms with Gasteiger partial charge in [-0.15, -0.1) is 0 Å². The Kier molecular flexibility index (Phi) is 5.28. The van der Waals surface area contributed by atoms with E-state index in [9.17, 15) is 5.26 Å². The average molecular weight is 223 g/mol. The van der Waals surface area contributed by atoms with Gasteiger partial charge in [-0.1, -0.05) is 33.6 Å². The van der Waals surface area contributed by atoms with Crippen molar-refractivity contribution in [2.75, 3.05) is 13.2 Å². The molecule has 0 aromatic rings. The Morgan fingerprint density at radius 3 is 2.81 bits per heavy atom. The van der Waals surface area contributed by atoms with Gasteiger partial charge in [-0.2, -0.15) is 5.26 Å². The number of rotatable bonds is 5. The topological polar surface area (TPSA) is 33.0 Å². The fourth-order valence-corrected chi connectivity index (χ4v) is 2.63. The number of hydrogen-bond acceptors (Lipinski definition) is 2. The number of ether oxygens (including phenoxy) is 1. The van der Waals surface area contributed by atoms with Crippen LogP contribution in [0, 0.1) is 28.6 Å². The quantitative estimate of drug-likeness (QED) is 0.665. The largest absolute Gasteiger partial charge is 0.381 e. The molecule has 0 amide bonds. The van der Waals surface area contributed by atoms with Crippen LogP contribution in [0.25, 0.3) is 0 Å². The fraction of sp³-hybridized carbons (Fsp3) is 0.929. The minimum atomic E-state index is -0.0886. The molecule has 1 fully saturated rings. The van der Waals surface area contributed by atoms with Crippen LogP contribution in [0.3, 0.4) is 0 Å². The van der Waals surface area contributed by atoms with E-state index in [4.69, 9.17) is 4.74 Å². The van der Waals surface area contributed by atoms with Gasteiger partial charge < -0.3 is 4.74 Å². The van der Waals surface area contributed by atoms with E-state index < -0.39 is 0 Å². The van der Waals surface area contributed by atoms with E-state index in [0.29, 0.717) is 11.8 Å². The summed E-state index contributed by atoms with van der Waals surface area (Å²) in [4.78, 5) is 0. The molecule has 2 nitrogen and oxygen atoms in total. The summed E-state index contributed by atoms with van der Waals surface area (Å²) < 4.78 is 5.61. The van der Waals surface area contributed by atoms with Crippen LogP contribution in [-0.2, 0) is 4.74 Å². The van der Waals surface area contributed by atoms with E-state index in [2.05, 4.69) is 26.8 Å². The third-order valence-electron chi connectivity index (χ3n) is 3.50. The number of nitrogens with zero attached hydrogens (tertiary/aromatic N) is 1. The van der Waals surface area contributed by atoms with Crippen molar-refractivity contribution in [3.05, 3.63) is 0 Å². The molecule has 1 saturated carbocycles. The fourth-order valence-electron chi connectivity index (χ4n) is 2.63. The van der Waals surface area contributed by atoms with Crippen molar-refractivity contribution >= 4 is 0 Å². The van der Waals surface area contributed by atoms with Crippen molar-refractivity contribution in [3.63, 3.8) is 0 Å². The second-order valence-corrected chi connectivity index (χ2v) is 5.81. The molecule has 1 aliphatic rings. The molecule has 0 heterocycles. The zero-order valence-corrected chi connectivity index (χ0v) is 11.0. The van der Waals surface area contributed by atoms with Gasteiger partial charge in [0.25, 0.3) is 0 Å². The first kappa shape index (κ1) is 13.5. The maximum absolute atomic E-state index is 9.36. The molecule has 2 unspecified atom stereocenters. The molecule has 1 aliphatic carbocycles. The van der Waals surface area contributed by atoms with Crippen molar-refractivity contribution in [2.24, 2.45) is 17.3 Å². The van der Waals surface area contributed by atoms with Gasteiger partial charge in [0.15, 0.2) is 0 Å². The maximum Gasteiger partial charge on any atom is 0.0690 e. The second-order valence-electron chi connectivity index (χ2n) is 5.81.